The van der Waals surface area contributed by atoms with Crippen molar-refractivity contribution in [2.75, 3.05) is 0 Å². The zero-order valence-corrected chi connectivity index (χ0v) is 14.6. The van der Waals surface area contributed by atoms with Crippen LogP contribution in [0.5, 0.6) is 5.75 Å². The first-order valence-electron chi connectivity index (χ1n) is 8.42. The Hall–Kier alpha value is -3.61. The molecule has 1 aromatic carbocycles. The van der Waals surface area contributed by atoms with Crippen LogP contribution in [0.15, 0.2) is 63.9 Å². The molecule has 0 saturated heterocycles. The SMILES string of the molecule is Cc1ccc(CNC(=O)c2coc(COc3cccc4cnccc34)n2)o1. The van der Waals surface area contributed by atoms with Crippen LogP contribution in [0.3, 0.4) is 0 Å². The van der Waals surface area contributed by atoms with Crippen LogP contribution in [0.1, 0.15) is 27.9 Å². The standard InChI is InChI=1S/C20H17N3O4/c1-13-5-6-15(27-13)10-22-20(24)17-11-26-19(23-17)12-25-18-4-2-3-14-9-21-8-7-16(14)18/h2-9,11H,10,12H2,1H3,(H,22,24). The molecule has 0 bridgehead atoms. The van der Waals surface area contributed by atoms with Crippen LogP contribution in [0.4, 0.5) is 0 Å². The van der Waals surface area contributed by atoms with Crippen LogP contribution in [-0.4, -0.2) is 15.9 Å². The molecule has 3 aromatic heterocycles. The van der Waals surface area contributed by atoms with Gasteiger partial charge in [-0.2, -0.15) is 0 Å². The summed E-state index contributed by atoms with van der Waals surface area (Å²) in [5, 5.41) is 4.67. The Morgan fingerprint density at radius 1 is 1.22 bits per heavy atom. The molecule has 7 nitrogen and oxygen atoms in total. The van der Waals surface area contributed by atoms with Crippen molar-refractivity contribution in [2.45, 2.75) is 20.1 Å². The Labute approximate surface area is 155 Å². The average molecular weight is 363 g/mol. The van der Waals surface area contributed by atoms with Crippen LogP contribution >= 0.6 is 0 Å². The third-order valence-corrected chi connectivity index (χ3v) is 4.00. The van der Waals surface area contributed by atoms with Crippen molar-refractivity contribution in [3.05, 3.63) is 78.2 Å². The van der Waals surface area contributed by atoms with Gasteiger partial charge >= 0.3 is 0 Å². The zero-order chi connectivity index (χ0) is 18.6. The fourth-order valence-corrected chi connectivity index (χ4v) is 2.68. The molecule has 0 aliphatic rings. The van der Waals surface area contributed by atoms with Crippen LogP contribution in [-0.2, 0) is 13.2 Å². The van der Waals surface area contributed by atoms with Gasteiger partial charge in [0, 0.05) is 23.2 Å². The van der Waals surface area contributed by atoms with E-state index in [2.05, 4.69) is 15.3 Å². The van der Waals surface area contributed by atoms with Crippen molar-refractivity contribution in [1.82, 2.24) is 15.3 Å². The minimum absolute atomic E-state index is 0.117. The summed E-state index contributed by atoms with van der Waals surface area (Å²) in [5.74, 6) is 2.16. The van der Waals surface area contributed by atoms with Crippen molar-refractivity contribution in [1.29, 1.82) is 0 Å². The van der Waals surface area contributed by atoms with E-state index in [0.29, 0.717) is 17.4 Å². The number of aryl methyl sites for hydroxylation is 1. The fourth-order valence-electron chi connectivity index (χ4n) is 2.68. The largest absolute Gasteiger partial charge is 0.483 e. The Bertz CT molecular complexity index is 1080. The molecule has 27 heavy (non-hydrogen) atoms. The highest BCUT2D eigenvalue weighted by atomic mass is 16.5. The van der Waals surface area contributed by atoms with E-state index in [9.17, 15) is 4.79 Å². The van der Waals surface area contributed by atoms with E-state index in [1.54, 1.807) is 12.4 Å². The number of aromatic nitrogens is 2. The van der Waals surface area contributed by atoms with E-state index in [1.165, 1.54) is 6.26 Å². The third-order valence-electron chi connectivity index (χ3n) is 4.00. The molecule has 1 amide bonds. The number of hydrogen-bond donors (Lipinski definition) is 1. The molecule has 3 heterocycles. The van der Waals surface area contributed by atoms with Gasteiger partial charge in [-0.3, -0.25) is 9.78 Å². The topological polar surface area (TPSA) is 90.4 Å². The maximum atomic E-state index is 12.2. The molecule has 0 aliphatic heterocycles. The van der Waals surface area contributed by atoms with Crippen LogP contribution in [0, 0.1) is 6.92 Å². The molecule has 0 fully saturated rings. The number of benzene rings is 1. The number of carbonyl (C=O) groups excluding carboxylic acids is 1. The van der Waals surface area contributed by atoms with Gasteiger partial charge in [0.15, 0.2) is 12.3 Å². The second kappa shape index (κ2) is 7.33. The number of nitrogens with one attached hydrogen (secondary N) is 1. The Morgan fingerprint density at radius 3 is 3.00 bits per heavy atom. The number of hydrogen-bond acceptors (Lipinski definition) is 6. The lowest BCUT2D eigenvalue weighted by Gasteiger charge is -2.06. The first-order valence-corrected chi connectivity index (χ1v) is 8.42. The zero-order valence-electron chi connectivity index (χ0n) is 14.6. The number of oxazole rings is 1. The number of pyridine rings is 1. The minimum atomic E-state index is -0.338. The molecule has 4 aromatic rings. The minimum Gasteiger partial charge on any atom is -0.483 e. The maximum absolute atomic E-state index is 12.2. The van der Waals surface area contributed by atoms with Crippen molar-refractivity contribution in [2.24, 2.45) is 0 Å². The van der Waals surface area contributed by atoms with Crippen LogP contribution < -0.4 is 10.1 Å². The molecule has 0 atom stereocenters. The number of furan rings is 1. The van der Waals surface area contributed by atoms with E-state index in [0.717, 1.165) is 16.5 Å². The predicted molar refractivity (Wildman–Crippen MR) is 97.2 cm³/mol. The van der Waals surface area contributed by atoms with Crippen molar-refractivity contribution in [3.8, 4) is 5.75 Å². The molecule has 1 N–H and O–H groups in total. The lowest BCUT2D eigenvalue weighted by atomic mass is 10.1. The summed E-state index contributed by atoms with van der Waals surface area (Å²) in [5.41, 5.74) is 0.194. The van der Waals surface area contributed by atoms with E-state index in [4.69, 9.17) is 13.6 Å². The van der Waals surface area contributed by atoms with Gasteiger partial charge in [-0.15, -0.1) is 0 Å². The van der Waals surface area contributed by atoms with Gasteiger partial charge < -0.3 is 18.9 Å². The lowest BCUT2D eigenvalue weighted by Crippen LogP contribution is -2.22. The summed E-state index contributed by atoms with van der Waals surface area (Å²) in [7, 11) is 0. The third kappa shape index (κ3) is 3.82. The summed E-state index contributed by atoms with van der Waals surface area (Å²) in [6.07, 6.45) is 4.80. The highest BCUT2D eigenvalue weighted by Crippen LogP contribution is 2.25. The second-order valence-electron chi connectivity index (χ2n) is 5.96. The fraction of sp³-hybridized carbons (Fsp3) is 0.150. The van der Waals surface area contributed by atoms with Gasteiger partial charge in [0.05, 0.1) is 6.54 Å². The monoisotopic (exact) mass is 363 g/mol. The highest BCUT2D eigenvalue weighted by Gasteiger charge is 2.13. The van der Waals surface area contributed by atoms with Crippen molar-refractivity contribution in [3.63, 3.8) is 0 Å². The van der Waals surface area contributed by atoms with Gasteiger partial charge in [-0.25, -0.2) is 4.98 Å². The molecule has 0 spiro atoms. The predicted octanol–water partition coefficient (Wildman–Crippen LogP) is 3.63. The molecule has 0 unspecified atom stereocenters. The van der Waals surface area contributed by atoms with Crippen LogP contribution in [0.25, 0.3) is 10.8 Å². The van der Waals surface area contributed by atoms with Gasteiger partial charge in [0.25, 0.3) is 5.91 Å². The number of carbonyl (C=O) groups is 1. The van der Waals surface area contributed by atoms with Crippen molar-refractivity contribution >= 4 is 16.7 Å². The van der Waals surface area contributed by atoms with E-state index in [1.807, 2.05) is 43.3 Å². The van der Waals surface area contributed by atoms with Gasteiger partial charge in [-0.05, 0) is 31.2 Å². The van der Waals surface area contributed by atoms with E-state index in [-0.39, 0.29) is 24.8 Å². The summed E-state index contributed by atoms with van der Waals surface area (Å²) >= 11 is 0. The first kappa shape index (κ1) is 16.8. The summed E-state index contributed by atoms with van der Waals surface area (Å²) in [6, 6.07) is 11.3. The second-order valence-corrected chi connectivity index (χ2v) is 5.96. The van der Waals surface area contributed by atoms with E-state index < -0.39 is 0 Å². The lowest BCUT2D eigenvalue weighted by molar-refractivity contribution is 0.0942. The van der Waals surface area contributed by atoms with Gasteiger partial charge in [0.1, 0.15) is 23.5 Å². The molecule has 136 valence electrons. The Balaban J connectivity index is 1.38. The Morgan fingerprint density at radius 2 is 2.15 bits per heavy atom. The molecule has 0 saturated carbocycles. The molecule has 7 heteroatoms. The number of rotatable bonds is 6. The summed E-state index contributed by atoms with van der Waals surface area (Å²) < 4.78 is 16.6. The molecule has 4 rings (SSSR count). The molecule has 0 aliphatic carbocycles. The molecule has 0 radical (unpaired) electrons. The average Bonchev–Trinajstić information content (AvgIpc) is 3.33. The summed E-state index contributed by atoms with van der Waals surface area (Å²) in [4.78, 5) is 20.4. The highest BCUT2D eigenvalue weighted by molar-refractivity contribution is 5.91. The number of ether oxygens (including phenoxy) is 1. The smallest absolute Gasteiger partial charge is 0.273 e. The normalized spacial score (nSPS) is 10.9. The Kier molecular flexibility index (Phi) is 4.57. The molecular weight excluding hydrogens is 346 g/mol. The molecular formula is C20H17N3O4. The van der Waals surface area contributed by atoms with Crippen molar-refractivity contribution < 1.29 is 18.4 Å². The number of amides is 1. The quantitative estimate of drug-likeness (QED) is 0.562. The number of fused-ring (bicyclic) bond motifs is 1. The first-order chi connectivity index (χ1) is 13.2. The van der Waals surface area contributed by atoms with Gasteiger partial charge in [0.2, 0.25) is 5.89 Å². The van der Waals surface area contributed by atoms with Gasteiger partial charge in [-0.1, -0.05) is 12.1 Å². The number of nitrogens with zero attached hydrogens (tertiary/aromatic N) is 2. The van der Waals surface area contributed by atoms with E-state index >= 15 is 0 Å². The maximum Gasteiger partial charge on any atom is 0.273 e. The summed E-state index contributed by atoms with van der Waals surface area (Å²) in [6.45, 7) is 2.25. The van der Waals surface area contributed by atoms with Crippen LogP contribution in [0.2, 0.25) is 0 Å².